The Kier molecular flexibility index (Phi) is 7.34. The van der Waals surface area contributed by atoms with Gasteiger partial charge in [0.1, 0.15) is 0 Å². The minimum atomic E-state index is 0.0870. The van der Waals surface area contributed by atoms with Crippen molar-refractivity contribution in [1.82, 2.24) is 10.2 Å². The van der Waals surface area contributed by atoms with Gasteiger partial charge < -0.3 is 15.8 Å². The topological polar surface area (TPSA) is 67.6 Å². The molecule has 1 rings (SSSR count). The van der Waals surface area contributed by atoms with Crippen molar-refractivity contribution >= 4 is 5.91 Å². The number of hydrogen-bond donors (Lipinski definition) is 2. The van der Waals surface area contributed by atoms with Gasteiger partial charge in [-0.3, -0.25) is 9.69 Å². The van der Waals surface area contributed by atoms with Crippen molar-refractivity contribution in [3.8, 4) is 0 Å². The summed E-state index contributed by atoms with van der Waals surface area (Å²) in [6.07, 6.45) is 3.00. The monoisotopic (exact) mass is 271 g/mol. The van der Waals surface area contributed by atoms with Crippen LogP contribution in [-0.4, -0.2) is 55.2 Å². The number of likely N-dealkylation sites (tertiary alicyclic amines) is 1. The van der Waals surface area contributed by atoms with E-state index >= 15 is 0 Å². The van der Waals surface area contributed by atoms with Gasteiger partial charge in [-0.1, -0.05) is 0 Å². The van der Waals surface area contributed by atoms with E-state index in [2.05, 4.69) is 10.2 Å². The van der Waals surface area contributed by atoms with Crippen LogP contribution in [-0.2, 0) is 9.53 Å². The molecule has 112 valence electrons. The molecule has 1 fully saturated rings. The average Bonchev–Trinajstić information content (AvgIpc) is 2.36. The number of hydrogen-bond acceptors (Lipinski definition) is 4. The van der Waals surface area contributed by atoms with E-state index in [9.17, 15) is 4.79 Å². The Morgan fingerprint density at radius 2 is 2.26 bits per heavy atom. The average molecular weight is 271 g/mol. The SMILES string of the molecule is CCOC1CCCN(C(CN)CC(=O)NC(C)C)C1. The van der Waals surface area contributed by atoms with Gasteiger partial charge in [-0.15, -0.1) is 0 Å². The van der Waals surface area contributed by atoms with Crippen LogP contribution in [0.1, 0.15) is 40.0 Å². The molecule has 0 aromatic rings. The first kappa shape index (κ1) is 16.4. The highest BCUT2D eigenvalue weighted by Gasteiger charge is 2.26. The Hall–Kier alpha value is -0.650. The Bertz CT molecular complexity index is 269. The minimum Gasteiger partial charge on any atom is -0.377 e. The maximum atomic E-state index is 11.8. The Labute approximate surface area is 116 Å². The van der Waals surface area contributed by atoms with Gasteiger partial charge in [-0.25, -0.2) is 0 Å². The number of piperidine rings is 1. The van der Waals surface area contributed by atoms with Crippen LogP contribution in [0.3, 0.4) is 0 Å². The fourth-order valence-corrected chi connectivity index (χ4v) is 2.63. The fourth-order valence-electron chi connectivity index (χ4n) is 2.63. The van der Waals surface area contributed by atoms with Crippen molar-refractivity contribution in [1.29, 1.82) is 0 Å². The normalized spacial score (nSPS) is 22.5. The zero-order chi connectivity index (χ0) is 14.3. The van der Waals surface area contributed by atoms with E-state index in [1.165, 1.54) is 0 Å². The zero-order valence-corrected chi connectivity index (χ0v) is 12.5. The molecule has 0 aliphatic carbocycles. The van der Waals surface area contributed by atoms with Crippen LogP contribution in [0.2, 0.25) is 0 Å². The first-order valence-electron chi connectivity index (χ1n) is 7.41. The molecule has 5 heteroatoms. The number of carbonyl (C=O) groups is 1. The molecule has 0 aromatic carbocycles. The van der Waals surface area contributed by atoms with Crippen LogP contribution in [0, 0.1) is 0 Å². The first-order valence-corrected chi connectivity index (χ1v) is 7.41. The van der Waals surface area contributed by atoms with Gasteiger partial charge in [0.25, 0.3) is 0 Å². The third-order valence-electron chi connectivity index (χ3n) is 3.47. The summed E-state index contributed by atoms with van der Waals surface area (Å²) in [4.78, 5) is 14.2. The van der Waals surface area contributed by atoms with Crippen LogP contribution in [0.5, 0.6) is 0 Å². The summed E-state index contributed by atoms with van der Waals surface area (Å²) in [6, 6.07) is 0.311. The van der Waals surface area contributed by atoms with Crippen molar-refractivity contribution < 1.29 is 9.53 Å². The number of nitrogens with two attached hydrogens (primary N) is 1. The van der Waals surface area contributed by atoms with E-state index in [0.717, 1.165) is 32.5 Å². The second kappa shape index (κ2) is 8.51. The molecule has 0 radical (unpaired) electrons. The van der Waals surface area contributed by atoms with Gasteiger partial charge in [0, 0.05) is 38.2 Å². The number of rotatable bonds is 7. The molecule has 2 unspecified atom stereocenters. The molecule has 1 amide bonds. The zero-order valence-electron chi connectivity index (χ0n) is 12.5. The summed E-state index contributed by atoms with van der Waals surface area (Å²) in [5, 5.41) is 2.93. The molecule has 1 aliphatic rings. The molecule has 0 saturated carbocycles. The molecular formula is C14H29N3O2. The lowest BCUT2D eigenvalue weighted by Crippen LogP contribution is -2.50. The van der Waals surface area contributed by atoms with Gasteiger partial charge in [-0.2, -0.15) is 0 Å². The molecule has 1 aliphatic heterocycles. The highest BCUT2D eigenvalue weighted by Crippen LogP contribution is 2.17. The summed E-state index contributed by atoms with van der Waals surface area (Å²) in [6.45, 7) is 9.15. The van der Waals surface area contributed by atoms with Gasteiger partial charge in [-0.05, 0) is 40.2 Å². The van der Waals surface area contributed by atoms with E-state index in [0.29, 0.717) is 19.1 Å². The maximum absolute atomic E-state index is 11.8. The van der Waals surface area contributed by atoms with Crippen LogP contribution in [0.25, 0.3) is 0 Å². The van der Waals surface area contributed by atoms with Gasteiger partial charge in [0.2, 0.25) is 5.91 Å². The first-order chi connectivity index (χ1) is 9.06. The Balaban J connectivity index is 2.46. The van der Waals surface area contributed by atoms with E-state index in [4.69, 9.17) is 10.5 Å². The highest BCUT2D eigenvalue weighted by molar-refractivity contribution is 5.76. The molecule has 2 atom stereocenters. The Morgan fingerprint density at radius 1 is 1.53 bits per heavy atom. The lowest BCUT2D eigenvalue weighted by Gasteiger charge is -2.37. The van der Waals surface area contributed by atoms with Crippen LogP contribution in [0.4, 0.5) is 0 Å². The Morgan fingerprint density at radius 3 is 2.84 bits per heavy atom. The molecular weight excluding hydrogens is 242 g/mol. The lowest BCUT2D eigenvalue weighted by atomic mass is 10.0. The molecule has 0 spiro atoms. The van der Waals surface area contributed by atoms with Crippen molar-refractivity contribution in [3.05, 3.63) is 0 Å². The van der Waals surface area contributed by atoms with Crippen LogP contribution >= 0.6 is 0 Å². The molecule has 19 heavy (non-hydrogen) atoms. The molecule has 1 heterocycles. The maximum Gasteiger partial charge on any atom is 0.221 e. The molecule has 5 nitrogen and oxygen atoms in total. The van der Waals surface area contributed by atoms with E-state index in [-0.39, 0.29) is 18.0 Å². The molecule has 3 N–H and O–H groups in total. The smallest absolute Gasteiger partial charge is 0.221 e. The quantitative estimate of drug-likeness (QED) is 0.716. The number of nitrogens with one attached hydrogen (secondary N) is 1. The molecule has 1 saturated heterocycles. The highest BCUT2D eigenvalue weighted by atomic mass is 16.5. The van der Waals surface area contributed by atoms with Crippen molar-refractivity contribution in [2.24, 2.45) is 5.73 Å². The summed E-state index contributed by atoms with van der Waals surface area (Å²) >= 11 is 0. The molecule has 0 bridgehead atoms. The van der Waals surface area contributed by atoms with Crippen molar-refractivity contribution in [3.63, 3.8) is 0 Å². The van der Waals surface area contributed by atoms with Crippen LogP contribution in [0.15, 0.2) is 0 Å². The second-order valence-corrected chi connectivity index (χ2v) is 5.53. The third-order valence-corrected chi connectivity index (χ3v) is 3.47. The second-order valence-electron chi connectivity index (χ2n) is 5.53. The largest absolute Gasteiger partial charge is 0.377 e. The number of nitrogens with zero attached hydrogens (tertiary/aromatic N) is 1. The number of carbonyl (C=O) groups excluding carboxylic acids is 1. The van der Waals surface area contributed by atoms with Crippen molar-refractivity contribution in [2.75, 3.05) is 26.2 Å². The molecule has 0 aromatic heterocycles. The number of amides is 1. The predicted molar refractivity (Wildman–Crippen MR) is 77.0 cm³/mol. The van der Waals surface area contributed by atoms with E-state index in [1.807, 2.05) is 20.8 Å². The van der Waals surface area contributed by atoms with Gasteiger partial charge in [0.05, 0.1) is 6.10 Å². The minimum absolute atomic E-state index is 0.0870. The summed E-state index contributed by atoms with van der Waals surface area (Å²) in [7, 11) is 0. The van der Waals surface area contributed by atoms with Gasteiger partial charge in [0.15, 0.2) is 0 Å². The van der Waals surface area contributed by atoms with Crippen LogP contribution < -0.4 is 11.1 Å². The lowest BCUT2D eigenvalue weighted by molar-refractivity contribution is -0.123. The third kappa shape index (κ3) is 5.89. The van der Waals surface area contributed by atoms with E-state index < -0.39 is 0 Å². The predicted octanol–water partition coefficient (Wildman–Crippen LogP) is 0.729. The van der Waals surface area contributed by atoms with Gasteiger partial charge >= 0.3 is 0 Å². The number of ether oxygens (including phenoxy) is 1. The van der Waals surface area contributed by atoms with E-state index in [1.54, 1.807) is 0 Å². The van der Waals surface area contributed by atoms with Crippen molar-refractivity contribution in [2.45, 2.75) is 58.2 Å². The standard InChI is InChI=1S/C14H29N3O2/c1-4-19-13-6-5-7-17(10-13)12(9-15)8-14(18)16-11(2)3/h11-13H,4-10,15H2,1-3H3,(H,16,18). The fraction of sp³-hybridized carbons (Fsp3) is 0.929. The summed E-state index contributed by atoms with van der Waals surface area (Å²) in [5.74, 6) is 0.0870. The summed E-state index contributed by atoms with van der Waals surface area (Å²) in [5.41, 5.74) is 5.84. The summed E-state index contributed by atoms with van der Waals surface area (Å²) < 4.78 is 5.69.